The fourth-order valence-corrected chi connectivity index (χ4v) is 4.72. The number of hydrogen-bond donors (Lipinski definition) is 1. The molecule has 1 heterocycles. The van der Waals surface area contributed by atoms with E-state index in [4.69, 9.17) is 5.26 Å². The number of nitrogens with one attached hydrogen (secondary N) is 1. The van der Waals surface area contributed by atoms with Gasteiger partial charge in [0.05, 0.1) is 6.07 Å². The minimum Gasteiger partial charge on any atom is -0.369 e. The molecule has 0 aromatic heterocycles. The molecule has 1 aromatic rings. The quantitative estimate of drug-likeness (QED) is 0.653. The van der Waals surface area contributed by atoms with Crippen molar-refractivity contribution in [2.45, 2.75) is 64.3 Å². The Morgan fingerprint density at radius 1 is 1.17 bits per heavy atom. The van der Waals surface area contributed by atoms with Crippen LogP contribution in [0.4, 0.5) is 10.1 Å². The fraction of sp³-hybridized carbons (Fsp3) is 0.667. The molecule has 6 heteroatoms. The summed E-state index contributed by atoms with van der Waals surface area (Å²) in [5.74, 6) is 0.696. The van der Waals surface area contributed by atoms with Gasteiger partial charge in [-0.1, -0.05) is 0 Å². The van der Waals surface area contributed by atoms with Gasteiger partial charge < -0.3 is 10.2 Å². The van der Waals surface area contributed by atoms with E-state index < -0.39 is 0 Å². The van der Waals surface area contributed by atoms with Gasteiger partial charge in [-0.25, -0.2) is 4.39 Å². The van der Waals surface area contributed by atoms with Gasteiger partial charge in [-0.15, -0.1) is 0 Å². The molecule has 0 bridgehead atoms. The Bertz CT molecular complexity index is 711. The Morgan fingerprint density at radius 3 is 2.57 bits per heavy atom. The number of benzene rings is 1. The van der Waals surface area contributed by atoms with Gasteiger partial charge in [-0.3, -0.25) is 9.69 Å². The molecular weight excluding hydrogens is 379 g/mol. The number of carbonyl (C=O) groups is 1. The molecule has 3 rings (SSSR count). The van der Waals surface area contributed by atoms with Crippen molar-refractivity contribution in [2.75, 3.05) is 37.6 Å². The smallest absolute Gasteiger partial charge is 0.220 e. The Balaban J connectivity index is 1.31. The normalized spacial score (nSPS) is 22.5. The van der Waals surface area contributed by atoms with Crippen molar-refractivity contribution in [3.8, 4) is 6.07 Å². The van der Waals surface area contributed by atoms with Crippen LogP contribution in [0.25, 0.3) is 0 Å². The molecule has 0 radical (unpaired) electrons. The van der Waals surface area contributed by atoms with Crippen molar-refractivity contribution in [3.05, 3.63) is 29.6 Å². The van der Waals surface area contributed by atoms with Crippen LogP contribution in [0.15, 0.2) is 18.2 Å². The van der Waals surface area contributed by atoms with Gasteiger partial charge in [0.15, 0.2) is 0 Å². The Hall–Kier alpha value is -2.13. The highest BCUT2D eigenvalue weighted by Crippen LogP contribution is 2.27. The van der Waals surface area contributed by atoms with E-state index in [1.165, 1.54) is 19.3 Å². The van der Waals surface area contributed by atoms with Crippen LogP contribution in [0, 0.1) is 30.0 Å². The second-order valence-electron chi connectivity index (χ2n) is 8.90. The molecule has 2 fully saturated rings. The summed E-state index contributed by atoms with van der Waals surface area (Å²) in [6.45, 7) is 7.04. The number of anilines is 1. The molecule has 1 saturated heterocycles. The van der Waals surface area contributed by atoms with E-state index in [0.717, 1.165) is 62.7 Å². The summed E-state index contributed by atoms with van der Waals surface area (Å²) in [6, 6.07) is 7.69. The second kappa shape index (κ2) is 11.3. The molecule has 2 aliphatic rings. The molecule has 30 heavy (non-hydrogen) atoms. The van der Waals surface area contributed by atoms with Crippen molar-refractivity contribution in [2.24, 2.45) is 5.92 Å². The summed E-state index contributed by atoms with van der Waals surface area (Å²) in [6.07, 6.45) is 7.32. The number of piperazine rings is 1. The van der Waals surface area contributed by atoms with Crippen molar-refractivity contribution in [1.82, 2.24) is 10.2 Å². The molecule has 1 aliphatic carbocycles. The zero-order chi connectivity index (χ0) is 21.3. The molecule has 1 aromatic carbocycles. The Kier molecular flexibility index (Phi) is 8.50. The summed E-state index contributed by atoms with van der Waals surface area (Å²) in [7, 11) is 0. The number of carbonyl (C=O) groups excluding carboxylic acids is 1. The van der Waals surface area contributed by atoms with Gasteiger partial charge in [0.2, 0.25) is 5.91 Å². The number of amides is 1. The molecule has 0 unspecified atom stereocenters. The number of unbranched alkanes of at least 4 members (excludes halogenated alkanes) is 1. The van der Waals surface area contributed by atoms with Gasteiger partial charge in [-0.2, -0.15) is 5.26 Å². The first kappa shape index (κ1) is 22.6. The van der Waals surface area contributed by atoms with Crippen LogP contribution in [-0.4, -0.2) is 49.6 Å². The number of nitrogens with zero attached hydrogens (tertiary/aromatic N) is 3. The van der Waals surface area contributed by atoms with E-state index in [1.54, 1.807) is 12.1 Å². The zero-order valence-corrected chi connectivity index (χ0v) is 18.2. The maximum atomic E-state index is 13.7. The first-order valence-electron chi connectivity index (χ1n) is 11.4. The Labute approximate surface area is 180 Å². The van der Waals surface area contributed by atoms with E-state index in [0.29, 0.717) is 25.3 Å². The molecule has 164 valence electrons. The lowest BCUT2D eigenvalue weighted by Crippen LogP contribution is -2.47. The predicted octanol–water partition coefficient (Wildman–Crippen LogP) is 4.02. The van der Waals surface area contributed by atoms with Gasteiger partial charge in [0.1, 0.15) is 5.82 Å². The minimum absolute atomic E-state index is 0.0973. The zero-order valence-electron chi connectivity index (χ0n) is 18.2. The first-order chi connectivity index (χ1) is 14.5. The Morgan fingerprint density at radius 2 is 1.90 bits per heavy atom. The highest BCUT2D eigenvalue weighted by molar-refractivity contribution is 5.76. The van der Waals surface area contributed by atoms with Crippen LogP contribution in [-0.2, 0) is 4.79 Å². The van der Waals surface area contributed by atoms with Crippen LogP contribution < -0.4 is 10.2 Å². The topological polar surface area (TPSA) is 59.4 Å². The summed E-state index contributed by atoms with van der Waals surface area (Å²) in [4.78, 5) is 16.7. The standard InChI is InChI=1S/C24H35FN4O/c1-19-16-21(25)18-23(17-19)29-14-12-28(13-15-29)11-9-20-5-7-22(8-6-20)27-24(30)4-2-3-10-26/h16-18,20,22H,2-9,11-15H2,1H3,(H,27,30). The lowest BCUT2D eigenvalue weighted by atomic mass is 9.84. The van der Waals surface area contributed by atoms with E-state index in [9.17, 15) is 9.18 Å². The van der Waals surface area contributed by atoms with Crippen LogP contribution in [0.3, 0.4) is 0 Å². The molecule has 0 spiro atoms. The molecule has 1 aliphatic heterocycles. The van der Waals surface area contributed by atoms with Crippen LogP contribution in [0.2, 0.25) is 0 Å². The number of hydrogen-bond acceptors (Lipinski definition) is 4. The molecule has 5 nitrogen and oxygen atoms in total. The van der Waals surface area contributed by atoms with E-state index in [-0.39, 0.29) is 11.7 Å². The highest BCUT2D eigenvalue weighted by atomic mass is 19.1. The summed E-state index contributed by atoms with van der Waals surface area (Å²) >= 11 is 0. The first-order valence-corrected chi connectivity index (χ1v) is 11.4. The van der Waals surface area contributed by atoms with Gasteiger partial charge >= 0.3 is 0 Å². The van der Waals surface area contributed by atoms with Crippen LogP contribution in [0.5, 0.6) is 0 Å². The van der Waals surface area contributed by atoms with E-state index in [1.807, 2.05) is 6.92 Å². The van der Waals surface area contributed by atoms with Crippen molar-refractivity contribution >= 4 is 11.6 Å². The average Bonchev–Trinajstić information content (AvgIpc) is 2.73. The maximum absolute atomic E-state index is 13.7. The van der Waals surface area contributed by atoms with Gasteiger partial charge in [0, 0.05) is 50.7 Å². The summed E-state index contributed by atoms with van der Waals surface area (Å²) in [5.41, 5.74) is 1.97. The van der Waals surface area contributed by atoms with Gasteiger partial charge in [-0.05, 0) is 81.7 Å². The summed E-state index contributed by atoms with van der Waals surface area (Å²) in [5, 5.41) is 11.7. The third-order valence-electron chi connectivity index (χ3n) is 6.52. The molecular formula is C24H35FN4O. The van der Waals surface area contributed by atoms with Crippen molar-refractivity contribution in [1.29, 1.82) is 5.26 Å². The molecule has 1 N–H and O–H groups in total. The van der Waals surface area contributed by atoms with E-state index in [2.05, 4.69) is 27.3 Å². The minimum atomic E-state index is -0.151. The van der Waals surface area contributed by atoms with Gasteiger partial charge in [0.25, 0.3) is 0 Å². The molecule has 1 saturated carbocycles. The fourth-order valence-electron chi connectivity index (χ4n) is 4.72. The third-order valence-corrected chi connectivity index (χ3v) is 6.52. The highest BCUT2D eigenvalue weighted by Gasteiger charge is 2.24. The number of aryl methyl sites for hydroxylation is 1. The SMILES string of the molecule is Cc1cc(F)cc(N2CCN(CCC3CCC(NC(=O)CCCC#N)CC3)CC2)c1. The predicted molar refractivity (Wildman–Crippen MR) is 118 cm³/mol. The average molecular weight is 415 g/mol. The monoisotopic (exact) mass is 414 g/mol. The third kappa shape index (κ3) is 6.98. The second-order valence-corrected chi connectivity index (χ2v) is 8.90. The lowest BCUT2D eigenvalue weighted by molar-refractivity contribution is -0.122. The van der Waals surface area contributed by atoms with E-state index >= 15 is 0 Å². The van der Waals surface area contributed by atoms with Crippen LogP contribution in [0.1, 0.15) is 56.9 Å². The molecule has 0 atom stereocenters. The largest absolute Gasteiger partial charge is 0.369 e. The van der Waals surface area contributed by atoms with Crippen molar-refractivity contribution in [3.63, 3.8) is 0 Å². The number of nitriles is 1. The number of rotatable bonds is 8. The van der Waals surface area contributed by atoms with Crippen molar-refractivity contribution < 1.29 is 9.18 Å². The molecule has 1 amide bonds. The van der Waals surface area contributed by atoms with Crippen LogP contribution >= 0.6 is 0 Å². The maximum Gasteiger partial charge on any atom is 0.220 e. The number of halogens is 1. The summed E-state index contributed by atoms with van der Waals surface area (Å²) < 4.78 is 13.7. The lowest BCUT2D eigenvalue weighted by Gasteiger charge is -2.37.